The molecule has 0 fully saturated rings. The first-order chi connectivity index (χ1) is 7.90. The Balaban J connectivity index is 2.81. The molecule has 0 saturated carbocycles. The third-order valence-corrected chi connectivity index (χ3v) is 2.54. The summed E-state index contributed by atoms with van der Waals surface area (Å²) in [5, 5.41) is 11.7. The average Bonchev–Trinajstić information content (AvgIpc) is 2.22. The number of carbonyl (C=O) groups is 2. The zero-order chi connectivity index (χ0) is 13.0. The molecule has 0 bridgehead atoms. The number of nitrogens with one attached hydrogen (secondary N) is 1. The van der Waals surface area contributed by atoms with Crippen LogP contribution in [-0.2, 0) is 9.59 Å². The molecule has 0 aliphatic heterocycles. The number of anilines is 1. The molecule has 0 unspecified atom stereocenters. The minimum atomic E-state index is -1.15. The minimum absolute atomic E-state index is 0.130. The first kappa shape index (κ1) is 13.3. The summed E-state index contributed by atoms with van der Waals surface area (Å²) in [5.74, 6) is -1.60. The van der Waals surface area contributed by atoms with Crippen LogP contribution in [-0.4, -0.2) is 17.0 Å². The van der Waals surface area contributed by atoms with E-state index in [1.165, 1.54) is 6.92 Å². The van der Waals surface area contributed by atoms with E-state index in [2.05, 4.69) is 5.32 Å². The van der Waals surface area contributed by atoms with Crippen LogP contribution in [0.1, 0.15) is 12.5 Å². The topological polar surface area (TPSA) is 66.4 Å². The SMILES string of the molecule is C/C(=C/C(=O)O)C(=O)Nc1ccc(Cl)c(C)c1. The van der Waals surface area contributed by atoms with Crippen LogP contribution >= 0.6 is 11.6 Å². The molecule has 1 aromatic carbocycles. The minimum Gasteiger partial charge on any atom is -0.478 e. The van der Waals surface area contributed by atoms with Gasteiger partial charge in [0.05, 0.1) is 0 Å². The molecule has 0 aliphatic carbocycles. The highest BCUT2D eigenvalue weighted by Crippen LogP contribution is 2.19. The number of benzene rings is 1. The van der Waals surface area contributed by atoms with Crippen molar-refractivity contribution in [2.75, 3.05) is 5.32 Å². The lowest BCUT2D eigenvalue weighted by Gasteiger charge is -2.06. The van der Waals surface area contributed by atoms with Crippen molar-refractivity contribution in [2.45, 2.75) is 13.8 Å². The largest absolute Gasteiger partial charge is 0.478 e. The number of aliphatic carboxylic acids is 1. The van der Waals surface area contributed by atoms with Gasteiger partial charge < -0.3 is 10.4 Å². The van der Waals surface area contributed by atoms with Crippen LogP contribution in [0.3, 0.4) is 0 Å². The fourth-order valence-electron chi connectivity index (χ4n) is 1.20. The van der Waals surface area contributed by atoms with Crippen LogP contribution in [0.15, 0.2) is 29.8 Å². The number of hydrogen-bond acceptors (Lipinski definition) is 2. The lowest BCUT2D eigenvalue weighted by Crippen LogP contribution is -2.13. The van der Waals surface area contributed by atoms with E-state index in [1.54, 1.807) is 18.2 Å². The molecule has 0 aromatic heterocycles. The highest BCUT2D eigenvalue weighted by Gasteiger charge is 2.07. The highest BCUT2D eigenvalue weighted by atomic mass is 35.5. The standard InChI is InChI=1S/C12H12ClNO3/c1-7-5-9(3-4-10(7)13)14-12(17)8(2)6-11(15)16/h3-6H,1-2H3,(H,14,17)(H,15,16)/b8-6-. The molecular formula is C12H12ClNO3. The summed E-state index contributed by atoms with van der Waals surface area (Å²) in [6.45, 7) is 3.25. The molecule has 1 rings (SSSR count). The summed E-state index contributed by atoms with van der Waals surface area (Å²) < 4.78 is 0. The third-order valence-electron chi connectivity index (χ3n) is 2.11. The van der Waals surface area contributed by atoms with Crippen molar-refractivity contribution in [3.05, 3.63) is 40.4 Å². The van der Waals surface area contributed by atoms with E-state index < -0.39 is 11.9 Å². The number of carboxylic acids is 1. The van der Waals surface area contributed by atoms with Gasteiger partial charge in [0.15, 0.2) is 0 Å². The van der Waals surface area contributed by atoms with Gasteiger partial charge in [-0.25, -0.2) is 4.79 Å². The summed E-state index contributed by atoms with van der Waals surface area (Å²) >= 11 is 5.85. The zero-order valence-corrected chi connectivity index (χ0v) is 10.2. The van der Waals surface area contributed by atoms with Crippen LogP contribution in [0.5, 0.6) is 0 Å². The molecule has 0 spiro atoms. The molecule has 0 radical (unpaired) electrons. The summed E-state index contributed by atoms with van der Waals surface area (Å²) in [7, 11) is 0. The van der Waals surface area contributed by atoms with Crippen molar-refractivity contribution < 1.29 is 14.7 Å². The first-order valence-corrected chi connectivity index (χ1v) is 5.26. The molecule has 4 nitrogen and oxygen atoms in total. The number of halogens is 1. The second kappa shape index (κ2) is 5.50. The molecule has 17 heavy (non-hydrogen) atoms. The summed E-state index contributed by atoms with van der Waals surface area (Å²) in [6.07, 6.45) is 0.859. The van der Waals surface area contributed by atoms with Gasteiger partial charge in [-0.1, -0.05) is 11.6 Å². The van der Waals surface area contributed by atoms with Gasteiger partial charge in [0.2, 0.25) is 0 Å². The fourth-order valence-corrected chi connectivity index (χ4v) is 1.32. The predicted molar refractivity (Wildman–Crippen MR) is 66.2 cm³/mol. The van der Waals surface area contributed by atoms with Gasteiger partial charge in [0.25, 0.3) is 5.91 Å². The van der Waals surface area contributed by atoms with Crippen molar-refractivity contribution in [1.29, 1.82) is 0 Å². The second-order valence-electron chi connectivity index (χ2n) is 3.58. The maximum Gasteiger partial charge on any atom is 0.328 e. The number of carbonyl (C=O) groups excluding carboxylic acids is 1. The van der Waals surface area contributed by atoms with Crippen LogP contribution < -0.4 is 5.32 Å². The molecule has 1 aromatic rings. The predicted octanol–water partition coefficient (Wildman–Crippen LogP) is 2.62. The van der Waals surface area contributed by atoms with Gasteiger partial charge in [-0.15, -0.1) is 0 Å². The Morgan fingerprint density at radius 2 is 2.06 bits per heavy atom. The van der Waals surface area contributed by atoms with Crippen LogP contribution in [0, 0.1) is 6.92 Å². The molecule has 5 heteroatoms. The Bertz CT molecular complexity index is 495. The van der Waals surface area contributed by atoms with E-state index >= 15 is 0 Å². The van der Waals surface area contributed by atoms with E-state index in [-0.39, 0.29) is 5.57 Å². The number of aryl methyl sites for hydroxylation is 1. The number of hydrogen-bond donors (Lipinski definition) is 2. The Hall–Kier alpha value is -1.81. The van der Waals surface area contributed by atoms with Gasteiger partial charge in [-0.3, -0.25) is 4.79 Å². The van der Waals surface area contributed by atoms with Crippen molar-refractivity contribution in [3.63, 3.8) is 0 Å². The molecule has 1 amide bonds. The maximum absolute atomic E-state index is 11.6. The van der Waals surface area contributed by atoms with Gasteiger partial charge in [-0.05, 0) is 37.6 Å². The lowest BCUT2D eigenvalue weighted by molar-refractivity contribution is -0.131. The molecule has 0 saturated heterocycles. The molecule has 90 valence electrons. The first-order valence-electron chi connectivity index (χ1n) is 4.89. The van der Waals surface area contributed by atoms with E-state index in [0.717, 1.165) is 11.6 Å². The van der Waals surface area contributed by atoms with Gasteiger partial charge in [0.1, 0.15) is 0 Å². The number of rotatable bonds is 3. The quantitative estimate of drug-likeness (QED) is 0.814. The average molecular weight is 254 g/mol. The van der Waals surface area contributed by atoms with Gasteiger partial charge in [0, 0.05) is 22.4 Å². The summed E-state index contributed by atoms with van der Waals surface area (Å²) in [4.78, 5) is 22.0. The van der Waals surface area contributed by atoms with E-state index in [9.17, 15) is 9.59 Å². The summed E-state index contributed by atoms with van der Waals surface area (Å²) in [5.41, 5.74) is 1.55. The second-order valence-corrected chi connectivity index (χ2v) is 3.99. The molecule has 0 atom stereocenters. The van der Waals surface area contributed by atoms with Crippen molar-refractivity contribution in [1.82, 2.24) is 0 Å². The molecule has 2 N–H and O–H groups in total. The molecule has 0 heterocycles. The van der Waals surface area contributed by atoms with Crippen LogP contribution in [0.4, 0.5) is 5.69 Å². The summed E-state index contributed by atoms with van der Waals surface area (Å²) in [6, 6.07) is 5.04. The molecular weight excluding hydrogens is 242 g/mol. The Labute approximate surface area is 104 Å². The van der Waals surface area contributed by atoms with Crippen molar-refractivity contribution in [3.8, 4) is 0 Å². The van der Waals surface area contributed by atoms with Gasteiger partial charge >= 0.3 is 5.97 Å². The van der Waals surface area contributed by atoms with Crippen molar-refractivity contribution >= 4 is 29.2 Å². The fraction of sp³-hybridized carbons (Fsp3) is 0.167. The Morgan fingerprint density at radius 3 is 2.59 bits per heavy atom. The van der Waals surface area contributed by atoms with Gasteiger partial charge in [-0.2, -0.15) is 0 Å². The Kier molecular flexibility index (Phi) is 4.29. The highest BCUT2D eigenvalue weighted by molar-refractivity contribution is 6.31. The van der Waals surface area contributed by atoms with E-state index in [0.29, 0.717) is 10.7 Å². The van der Waals surface area contributed by atoms with Crippen LogP contribution in [0.25, 0.3) is 0 Å². The number of carboxylic acid groups (broad SMARTS) is 1. The zero-order valence-electron chi connectivity index (χ0n) is 9.45. The smallest absolute Gasteiger partial charge is 0.328 e. The number of amides is 1. The molecule has 0 aliphatic rings. The van der Waals surface area contributed by atoms with E-state index in [4.69, 9.17) is 16.7 Å². The third kappa shape index (κ3) is 3.92. The van der Waals surface area contributed by atoms with E-state index in [1.807, 2.05) is 6.92 Å². The van der Waals surface area contributed by atoms with Crippen LogP contribution in [0.2, 0.25) is 5.02 Å². The normalized spacial score (nSPS) is 11.1. The maximum atomic E-state index is 11.6. The lowest BCUT2D eigenvalue weighted by atomic mass is 10.2. The Morgan fingerprint density at radius 1 is 1.41 bits per heavy atom. The monoisotopic (exact) mass is 253 g/mol. The van der Waals surface area contributed by atoms with Crippen molar-refractivity contribution in [2.24, 2.45) is 0 Å².